The van der Waals surface area contributed by atoms with Crippen LogP contribution in [-0.4, -0.2) is 22.5 Å². The number of carbonyl (C=O) groups is 1. The molecule has 0 bridgehead atoms. The summed E-state index contributed by atoms with van der Waals surface area (Å²) in [6.45, 7) is 2.05. The van der Waals surface area contributed by atoms with Gasteiger partial charge in [-0.2, -0.15) is 5.10 Å². The number of nitrogens with one attached hydrogen (secondary N) is 1. The van der Waals surface area contributed by atoms with E-state index in [-0.39, 0.29) is 11.2 Å². The molecule has 6 heteroatoms. The standard InChI is InChI=1S/C11H13N3O2S/c1-2-4-9-10(15)13-11(17-9)14-12-7-8-5-3-6-16-8/h3,5-7,9H,2,4H2,1H3,(H,13,14,15)/t9-/m1/s1. The van der Waals surface area contributed by atoms with Gasteiger partial charge in [0.1, 0.15) is 5.76 Å². The highest BCUT2D eigenvalue weighted by molar-refractivity contribution is 8.15. The van der Waals surface area contributed by atoms with Crippen molar-refractivity contribution in [3.8, 4) is 0 Å². The summed E-state index contributed by atoms with van der Waals surface area (Å²) in [4.78, 5) is 11.5. The van der Waals surface area contributed by atoms with Crippen molar-refractivity contribution in [1.82, 2.24) is 5.32 Å². The van der Waals surface area contributed by atoms with E-state index in [1.165, 1.54) is 18.0 Å². The lowest BCUT2D eigenvalue weighted by Crippen LogP contribution is -2.24. The van der Waals surface area contributed by atoms with Gasteiger partial charge < -0.3 is 9.73 Å². The molecular weight excluding hydrogens is 238 g/mol. The Morgan fingerprint density at radius 3 is 3.24 bits per heavy atom. The number of thioether (sulfide) groups is 1. The normalized spacial score (nSPS) is 22.5. The Hall–Kier alpha value is -1.56. The van der Waals surface area contributed by atoms with Crippen LogP contribution in [0, 0.1) is 0 Å². The van der Waals surface area contributed by atoms with Crippen molar-refractivity contribution in [2.75, 3.05) is 0 Å². The third-order valence-corrected chi connectivity index (χ3v) is 3.35. The summed E-state index contributed by atoms with van der Waals surface area (Å²) in [5, 5.41) is 11.0. The van der Waals surface area contributed by atoms with Crippen molar-refractivity contribution in [2.45, 2.75) is 25.0 Å². The Morgan fingerprint density at radius 2 is 2.53 bits per heavy atom. The summed E-state index contributed by atoms with van der Waals surface area (Å²) in [7, 11) is 0. The molecule has 1 aromatic heterocycles. The molecule has 5 nitrogen and oxygen atoms in total. The van der Waals surface area contributed by atoms with Gasteiger partial charge in [0.05, 0.1) is 17.7 Å². The fourth-order valence-corrected chi connectivity index (χ4v) is 2.45. The van der Waals surface area contributed by atoms with Crippen molar-refractivity contribution in [1.29, 1.82) is 0 Å². The smallest absolute Gasteiger partial charge is 0.239 e. The molecule has 0 unspecified atom stereocenters. The van der Waals surface area contributed by atoms with E-state index in [2.05, 4.69) is 22.4 Å². The Labute approximate surface area is 103 Å². The van der Waals surface area contributed by atoms with Gasteiger partial charge in [-0.15, -0.1) is 5.10 Å². The summed E-state index contributed by atoms with van der Waals surface area (Å²) >= 11 is 1.43. The lowest BCUT2D eigenvalue weighted by molar-refractivity contribution is -0.118. The van der Waals surface area contributed by atoms with E-state index < -0.39 is 0 Å². The molecule has 1 aromatic rings. The second-order valence-corrected chi connectivity index (χ2v) is 4.74. The average Bonchev–Trinajstić information content (AvgIpc) is 2.91. The van der Waals surface area contributed by atoms with Crippen LogP contribution in [-0.2, 0) is 4.79 Å². The van der Waals surface area contributed by atoms with Crippen LogP contribution < -0.4 is 5.32 Å². The number of hydrogen-bond donors (Lipinski definition) is 1. The number of carbonyl (C=O) groups excluding carboxylic acids is 1. The van der Waals surface area contributed by atoms with E-state index in [4.69, 9.17) is 4.42 Å². The van der Waals surface area contributed by atoms with E-state index >= 15 is 0 Å². The highest BCUT2D eigenvalue weighted by Crippen LogP contribution is 2.23. The maximum Gasteiger partial charge on any atom is 0.239 e. The quantitative estimate of drug-likeness (QED) is 0.657. The molecule has 90 valence electrons. The summed E-state index contributed by atoms with van der Waals surface area (Å²) in [5.41, 5.74) is 0. The van der Waals surface area contributed by atoms with E-state index in [9.17, 15) is 4.79 Å². The monoisotopic (exact) mass is 251 g/mol. The van der Waals surface area contributed by atoms with Gasteiger partial charge in [-0.25, -0.2) is 0 Å². The summed E-state index contributed by atoms with van der Waals surface area (Å²) < 4.78 is 5.07. The molecule has 1 aliphatic rings. The van der Waals surface area contributed by atoms with E-state index in [1.807, 2.05) is 0 Å². The molecule has 2 heterocycles. The molecule has 2 rings (SSSR count). The van der Waals surface area contributed by atoms with Crippen LogP contribution in [0.1, 0.15) is 25.5 Å². The zero-order valence-corrected chi connectivity index (χ0v) is 10.2. The topological polar surface area (TPSA) is 67.0 Å². The van der Waals surface area contributed by atoms with Crippen LogP contribution in [0.25, 0.3) is 0 Å². The zero-order valence-electron chi connectivity index (χ0n) is 9.42. The van der Waals surface area contributed by atoms with Gasteiger partial charge in [0, 0.05) is 0 Å². The van der Waals surface area contributed by atoms with Crippen molar-refractivity contribution in [3.63, 3.8) is 0 Å². The van der Waals surface area contributed by atoms with Crippen LogP contribution in [0.5, 0.6) is 0 Å². The van der Waals surface area contributed by atoms with Crippen molar-refractivity contribution >= 4 is 29.1 Å². The molecule has 1 fully saturated rings. The third kappa shape index (κ3) is 3.20. The molecule has 1 amide bonds. The van der Waals surface area contributed by atoms with E-state index in [0.717, 1.165) is 12.8 Å². The molecule has 1 atom stereocenters. The molecular formula is C11H13N3O2S. The number of rotatable bonds is 4. The fourth-order valence-electron chi connectivity index (χ4n) is 1.41. The minimum absolute atomic E-state index is 0.0174. The Kier molecular flexibility index (Phi) is 3.98. The molecule has 0 aromatic carbocycles. The lowest BCUT2D eigenvalue weighted by atomic mass is 10.2. The van der Waals surface area contributed by atoms with Crippen LogP contribution in [0.2, 0.25) is 0 Å². The summed E-state index contributed by atoms with van der Waals surface area (Å²) in [5.74, 6) is 0.651. The highest BCUT2D eigenvalue weighted by atomic mass is 32.2. The number of furan rings is 1. The Morgan fingerprint density at radius 1 is 1.65 bits per heavy atom. The van der Waals surface area contributed by atoms with Gasteiger partial charge in [0.2, 0.25) is 5.91 Å². The number of hydrogen-bond acceptors (Lipinski definition) is 5. The van der Waals surface area contributed by atoms with E-state index in [0.29, 0.717) is 10.9 Å². The highest BCUT2D eigenvalue weighted by Gasteiger charge is 2.29. The number of amidine groups is 1. The first kappa shape index (κ1) is 11.9. The van der Waals surface area contributed by atoms with Crippen LogP contribution in [0.15, 0.2) is 33.0 Å². The molecule has 0 radical (unpaired) electrons. The molecule has 0 saturated carbocycles. The fraction of sp³-hybridized carbons (Fsp3) is 0.364. The van der Waals surface area contributed by atoms with Crippen LogP contribution in [0.4, 0.5) is 0 Å². The Balaban J connectivity index is 1.93. The first-order chi connectivity index (χ1) is 8.29. The van der Waals surface area contributed by atoms with Gasteiger partial charge in [0.15, 0.2) is 5.17 Å². The zero-order chi connectivity index (χ0) is 12.1. The van der Waals surface area contributed by atoms with Gasteiger partial charge in [0.25, 0.3) is 0 Å². The van der Waals surface area contributed by atoms with Crippen molar-refractivity contribution < 1.29 is 9.21 Å². The largest absolute Gasteiger partial charge is 0.463 e. The maximum absolute atomic E-state index is 11.5. The van der Waals surface area contributed by atoms with Gasteiger partial charge >= 0.3 is 0 Å². The maximum atomic E-state index is 11.5. The summed E-state index contributed by atoms with van der Waals surface area (Å²) in [6.07, 6.45) is 4.91. The molecule has 0 spiro atoms. The number of amides is 1. The molecule has 17 heavy (non-hydrogen) atoms. The van der Waals surface area contributed by atoms with Crippen LogP contribution in [0.3, 0.4) is 0 Å². The van der Waals surface area contributed by atoms with Gasteiger partial charge in [-0.1, -0.05) is 25.1 Å². The first-order valence-corrected chi connectivity index (χ1v) is 6.29. The predicted molar refractivity (Wildman–Crippen MR) is 68.2 cm³/mol. The van der Waals surface area contributed by atoms with Crippen molar-refractivity contribution in [2.24, 2.45) is 10.2 Å². The second-order valence-electron chi connectivity index (χ2n) is 3.55. The molecule has 1 N–H and O–H groups in total. The number of nitrogens with zero attached hydrogens (tertiary/aromatic N) is 2. The van der Waals surface area contributed by atoms with Crippen molar-refractivity contribution in [3.05, 3.63) is 24.2 Å². The first-order valence-electron chi connectivity index (χ1n) is 5.41. The van der Waals surface area contributed by atoms with E-state index in [1.54, 1.807) is 18.4 Å². The average molecular weight is 251 g/mol. The minimum Gasteiger partial charge on any atom is -0.463 e. The lowest BCUT2D eigenvalue weighted by Gasteiger charge is -1.99. The predicted octanol–water partition coefficient (Wildman–Crippen LogP) is 2.00. The van der Waals surface area contributed by atoms with Gasteiger partial charge in [-0.3, -0.25) is 4.79 Å². The third-order valence-electron chi connectivity index (χ3n) is 2.20. The summed E-state index contributed by atoms with van der Waals surface area (Å²) in [6, 6.07) is 3.56. The minimum atomic E-state index is -0.0300. The Bertz CT molecular complexity index is 440. The molecule has 1 saturated heterocycles. The van der Waals surface area contributed by atoms with Crippen LogP contribution >= 0.6 is 11.8 Å². The molecule has 0 aliphatic carbocycles. The second kappa shape index (κ2) is 5.67. The molecule has 1 aliphatic heterocycles. The SMILES string of the molecule is CCC[C@H]1SC(=NN=Cc2ccco2)NC1=O. The van der Waals surface area contributed by atoms with Gasteiger partial charge in [-0.05, 0) is 18.6 Å².